The van der Waals surface area contributed by atoms with E-state index in [1.165, 1.54) is 12.1 Å². The van der Waals surface area contributed by atoms with Crippen molar-refractivity contribution in [2.75, 3.05) is 6.54 Å². The molecule has 0 bridgehead atoms. The maximum Gasteiger partial charge on any atom is 0.230 e. The van der Waals surface area contributed by atoms with Gasteiger partial charge in [0.2, 0.25) is 5.91 Å². The fraction of sp³-hybridized carbons (Fsp3) is 0.588. The predicted octanol–water partition coefficient (Wildman–Crippen LogP) is 3.02. The Labute approximate surface area is 126 Å². The summed E-state index contributed by atoms with van der Waals surface area (Å²) in [6.07, 6.45) is 0.214. The number of aliphatic hydroxyl groups excluding tert-OH is 1. The third-order valence-corrected chi connectivity index (χ3v) is 3.71. The van der Waals surface area contributed by atoms with Crippen molar-refractivity contribution in [1.82, 2.24) is 5.32 Å². The highest BCUT2D eigenvalue weighted by atomic mass is 19.1. The Bertz CT molecular complexity index is 478. The van der Waals surface area contributed by atoms with E-state index in [-0.39, 0.29) is 17.1 Å². The number of benzene rings is 1. The zero-order chi connectivity index (χ0) is 16.3. The molecule has 0 fully saturated rings. The van der Waals surface area contributed by atoms with E-state index >= 15 is 0 Å². The summed E-state index contributed by atoms with van der Waals surface area (Å²) in [6, 6.07) is 6.00. The molecule has 1 aromatic rings. The molecule has 1 rings (SSSR count). The van der Waals surface area contributed by atoms with E-state index in [2.05, 4.69) is 5.32 Å². The van der Waals surface area contributed by atoms with Gasteiger partial charge in [0.1, 0.15) is 5.82 Å². The lowest BCUT2D eigenvalue weighted by molar-refractivity contribution is -0.126. The molecule has 0 saturated heterocycles. The molecule has 0 saturated carbocycles. The lowest BCUT2D eigenvalue weighted by atomic mass is 9.82. The summed E-state index contributed by atoms with van der Waals surface area (Å²) >= 11 is 0. The number of hydrogen-bond donors (Lipinski definition) is 2. The lowest BCUT2D eigenvalue weighted by Gasteiger charge is -2.30. The number of carbonyl (C=O) groups is 1. The molecule has 1 aromatic carbocycles. The normalized spacial score (nSPS) is 13.9. The number of amides is 1. The molecule has 1 unspecified atom stereocenters. The van der Waals surface area contributed by atoms with Crippen molar-refractivity contribution in [3.63, 3.8) is 0 Å². The number of hydrogen-bond acceptors (Lipinski definition) is 2. The van der Waals surface area contributed by atoms with Crippen LogP contribution in [0.15, 0.2) is 24.3 Å². The molecule has 0 aliphatic rings. The summed E-state index contributed by atoms with van der Waals surface area (Å²) in [5, 5.41) is 12.4. The summed E-state index contributed by atoms with van der Waals surface area (Å²) in [5.41, 5.74) is -0.133. The van der Waals surface area contributed by atoms with Gasteiger partial charge in [0, 0.05) is 6.54 Å². The number of carbonyl (C=O) groups excluding carboxylic acids is 1. The van der Waals surface area contributed by atoms with Crippen molar-refractivity contribution in [1.29, 1.82) is 0 Å². The van der Waals surface area contributed by atoms with Gasteiger partial charge in [-0.1, -0.05) is 26.0 Å². The molecule has 1 atom stereocenters. The molecule has 2 N–H and O–H groups in total. The minimum absolute atomic E-state index is 0.104. The molecule has 0 spiro atoms. The summed E-state index contributed by atoms with van der Waals surface area (Å²) in [6.45, 7) is 9.87. The largest absolute Gasteiger partial charge is 0.393 e. The van der Waals surface area contributed by atoms with Crippen molar-refractivity contribution < 1.29 is 14.3 Å². The number of nitrogens with one attached hydrogen (secondary N) is 1. The zero-order valence-electron chi connectivity index (χ0n) is 13.5. The first-order valence-corrected chi connectivity index (χ1v) is 7.27. The summed E-state index contributed by atoms with van der Waals surface area (Å²) in [7, 11) is 0. The van der Waals surface area contributed by atoms with Gasteiger partial charge in [0.05, 0.1) is 11.5 Å². The van der Waals surface area contributed by atoms with Crippen LogP contribution in [0.4, 0.5) is 4.39 Å². The highest BCUT2D eigenvalue weighted by Gasteiger charge is 2.31. The van der Waals surface area contributed by atoms with Crippen LogP contribution in [0.5, 0.6) is 0 Å². The Balaban J connectivity index is 2.72. The van der Waals surface area contributed by atoms with E-state index in [0.717, 1.165) is 5.56 Å². The van der Waals surface area contributed by atoms with Crippen molar-refractivity contribution in [2.45, 2.75) is 52.6 Å². The minimum Gasteiger partial charge on any atom is -0.393 e. The van der Waals surface area contributed by atoms with Crippen LogP contribution in [0.3, 0.4) is 0 Å². The van der Waals surface area contributed by atoms with Gasteiger partial charge in [-0.2, -0.15) is 0 Å². The molecule has 0 aromatic heterocycles. The highest BCUT2D eigenvalue weighted by Crippen LogP contribution is 2.25. The van der Waals surface area contributed by atoms with Crippen LogP contribution in [0.2, 0.25) is 0 Å². The Kier molecular flexibility index (Phi) is 5.51. The second kappa shape index (κ2) is 6.56. The van der Waals surface area contributed by atoms with Gasteiger partial charge in [-0.15, -0.1) is 0 Å². The van der Waals surface area contributed by atoms with Crippen LogP contribution >= 0.6 is 0 Å². The quantitative estimate of drug-likeness (QED) is 0.847. The molecule has 21 heavy (non-hydrogen) atoms. The standard InChI is InChI=1S/C17H26FNO2/c1-12(20)10-16(2,3)11-19-15(21)17(4,5)13-6-8-14(18)9-7-13/h6-9,12,20H,10-11H2,1-5H3,(H,19,21). The zero-order valence-corrected chi connectivity index (χ0v) is 13.5. The van der Waals surface area contributed by atoms with Crippen LogP contribution in [0, 0.1) is 11.2 Å². The monoisotopic (exact) mass is 295 g/mol. The van der Waals surface area contributed by atoms with Crippen LogP contribution in [0.1, 0.15) is 46.6 Å². The predicted molar refractivity (Wildman–Crippen MR) is 82.5 cm³/mol. The molecule has 1 amide bonds. The minimum atomic E-state index is -0.728. The molecular formula is C17H26FNO2. The van der Waals surface area contributed by atoms with Crippen LogP contribution in [-0.2, 0) is 10.2 Å². The Morgan fingerprint density at radius 2 is 1.76 bits per heavy atom. The second-order valence-corrected chi connectivity index (χ2v) is 7.03. The van der Waals surface area contributed by atoms with E-state index in [0.29, 0.717) is 13.0 Å². The maximum atomic E-state index is 13.0. The first-order chi connectivity index (χ1) is 9.54. The van der Waals surface area contributed by atoms with Gasteiger partial charge in [-0.3, -0.25) is 4.79 Å². The fourth-order valence-electron chi connectivity index (χ4n) is 2.41. The van der Waals surface area contributed by atoms with Gasteiger partial charge < -0.3 is 10.4 Å². The van der Waals surface area contributed by atoms with E-state index in [9.17, 15) is 14.3 Å². The van der Waals surface area contributed by atoms with Crippen LogP contribution in [0.25, 0.3) is 0 Å². The van der Waals surface area contributed by atoms with E-state index in [1.54, 1.807) is 19.1 Å². The molecule has 0 radical (unpaired) electrons. The van der Waals surface area contributed by atoms with Crippen molar-refractivity contribution >= 4 is 5.91 Å². The molecule has 4 heteroatoms. The van der Waals surface area contributed by atoms with Gasteiger partial charge in [0.25, 0.3) is 0 Å². The number of rotatable bonds is 6. The molecule has 0 aliphatic heterocycles. The topological polar surface area (TPSA) is 49.3 Å². The van der Waals surface area contributed by atoms with Crippen LogP contribution in [-0.4, -0.2) is 23.7 Å². The number of halogens is 1. The van der Waals surface area contributed by atoms with Crippen molar-refractivity contribution in [3.8, 4) is 0 Å². The van der Waals surface area contributed by atoms with Gasteiger partial charge in [-0.25, -0.2) is 4.39 Å². The Morgan fingerprint density at radius 1 is 1.24 bits per heavy atom. The summed E-state index contributed by atoms with van der Waals surface area (Å²) in [4.78, 5) is 12.4. The third-order valence-electron chi connectivity index (χ3n) is 3.71. The highest BCUT2D eigenvalue weighted by molar-refractivity contribution is 5.87. The Morgan fingerprint density at radius 3 is 2.24 bits per heavy atom. The molecule has 3 nitrogen and oxygen atoms in total. The van der Waals surface area contributed by atoms with E-state index < -0.39 is 11.5 Å². The van der Waals surface area contributed by atoms with Crippen LogP contribution < -0.4 is 5.32 Å². The summed E-state index contributed by atoms with van der Waals surface area (Å²) < 4.78 is 13.0. The smallest absolute Gasteiger partial charge is 0.230 e. The molecule has 0 heterocycles. The van der Waals surface area contributed by atoms with Gasteiger partial charge >= 0.3 is 0 Å². The molecule has 118 valence electrons. The first-order valence-electron chi connectivity index (χ1n) is 7.27. The SMILES string of the molecule is CC(O)CC(C)(C)CNC(=O)C(C)(C)c1ccc(F)cc1. The van der Waals surface area contributed by atoms with E-state index in [4.69, 9.17) is 0 Å². The maximum absolute atomic E-state index is 13.0. The fourth-order valence-corrected chi connectivity index (χ4v) is 2.41. The Hall–Kier alpha value is -1.42. The number of aliphatic hydroxyl groups is 1. The second-order valence-electron chi connectivity index (χ2n) is 7.03. The molecule has 0 aliphatic carbocycles. The third kappa shape index (κ3) is 5.12. The van der Waals surface area contributed by atoms with E-state index in [1.807, 2.05) is 27.7 Å². The van der Waals surface area contributed by atoms with Crippen molar-refractivity contribution in [3.05, 3.63) is 35.6 Å². The van der Waals surface area contributed by atoms with Crippen molar-refractivity contribution in [2.24, 2.45) is 5.41 Å². The molecular weight excluding hydrogens is 269 g/mol. The average Bonchev–Trinajstić information content (AvgIpc) is 2.35. The van der Waals surface area contributed by atoms with Gasteiger partial charge in [0.15, 0.2) is 0 Å². The van der Waals surface area contributed by atoms with Gasteiger partial charge in [-0.05, 0) is 50.3 Å². The average molecular weight is 295 g/mol. The summed E-state index contributed by atoms with van der Waals surface area (Å²) in [5.74, 6) is -0.416. The lowest BCUT2D eigenvalue weighted by Crippen LogP contribution is -2.44. The first kappa shape index (κ1) is 17.6.